The molecule has 1 aromatic carbocycles. The van der Waals surface area contributed by atoms with Crippen molar-refractivity contribution >= 4 is 5.97 Å². The van der Waals surface area contributed by atoms with Crippen molar-refractivity contribution in [2.45, 2.75) is 32.2 Å². The van der Waals surface area contributed by atoms with Crippen molar-refractivity contribution in [1.29, 1.82) is 0 Å². The summed E-state index contributed by atoms with van der Waals surface area (Å²) < 4.78 is 16.6. The molecule has 1 aromatic heterocycles. The smallest absolute Gasteiger partial charge is 0.360 e. The molecule has 2 rings (SSSR count). The molecule has 0 amide bonds. The summed E-state index contributed by atoms with van der Waals surface area (Å²) >= 11 is 0. The molecule has 1 heterocycles. The van der Waals surface area contributed by atoms with E-state index in [1.54, 1.807) is 25.1 Å². The van der Waals surface area contributed by atoms with Crippen LogP contribution < -0.4 is 9.47 Å². The lowest BCUT2D eigenvalue weighted by Gasteiger charge is -2.22. The fraction of sp³-hybridized carbons (Fsp3) is 0.471. The standard InChI is InChI=1S/C17H23N3O7/c1-5-27-17(24)13-14(16(23)15(22)9(2)21)20(19-18-13)11-8-10(25-3)6-7-12(11)26-4/h6-9,15-16,21-23H,5H2,1-4H3/t9-,15-,16-/m0/s1. The van der Waals surface area contributed by atoms with Gasteiger partial charge >= 0.3 is 5.97 Å². The zero-order chi connectivity index (χ0) is 20.1. The van der Waals surface area contributed by atoms with E-state index in [0.717, 1.165) is 4.68 Å². The number of carbonyl (C=O) groups excluding carboxylic acids is 1. The first-order valence-corrected chi connectivity index (χ1v) is 8.24. The van der Waals surface area contributed by atoms with Gasteiger partial charge in [-0.15, -0.1) is 5.10 Å². The number of hydrogen-bond acceptors (Lipinski definition) is 9. The number of rotatable bonds is 8. The van der Waals surface area contributed by atoms with Gasteiger partial charge in [0.15, 0.2) is 5.69 Å². The molecule has 0 spiro atoms. The van der Waals surface area contributed by atoms with Gasteiger partial charge in [-0.25, -0.2) is 9.48 Å². The van der Waals surface area contributed by atoms with Crippen molar-refractivity contribution in [3.8, 4) is 17.2 Å². The second kappa shape index (κ2) is 8.80. The van der Waals surface area contributed by atoms with Gasteiger partial charge in [0, 0.05) is 6.07 Å². The van der Waals surface area contributed by atoms with E-state index >= 15 is 0 Å². The highest BCUT2D eigenvalue weighted by Crippen LogP contribution is 2.32. The summed E-state index contributed by atoms with van der Waals surface area (Å²) in [7, 11) is 2.92. The molecule has 148 valence electrons. The molecule has 27 heavy (non-hydrogen) atoms. The highest BCUT2D eigenvalue weighted by atomic mass is 16.5. The van der Waals surface area contributed by atoms with Crippen LogP contribution in [0.25, 0.3) is 5.69 Å². The topological polar surface area (TPSA) is 136 Å². The van der Waals surface area contributed by atoms with E-state index in [2.05, 4.69) is 10.3 Å². The molecule has 0 aliphatic carbocycles. The Kier molecular flexibility index (Phi) is 6.72. The van der Waals surface area contributed by atoms with Crippen LogP contribution >= 0.6 is 0 Å². The first-order chi connectivity index (χ1) is 12.8. The van der Waals surface area contributed by atoms with Gasteiger partial charge in [-0.3, -0.25) is 0 Å². The maximum atomic E-state index is 12.2. The van der Waals surface area contributed by atoms with Crippen LogP contribution in [-0.4, -0.2) is 69.3 Å². The molecule has 0 unspecified atom stereocenters. The third kappa shape index (κ3) is 4.18. The predicted octanol–water partition coefficient (Wildman–Crippen LogP) is 0.236. The molecule has 0 aliphatic rings. The predicted molar refractivity (Wildman–Crippen MR) is 93.1 cm³/mol. The average Bonchev–Trinajstić information content (AvgIpc) is 3.11. The van der Waals surface area contributed by atoms with Gasteiger partial charge < -0.3 is 29.5 Å². The van der Waals surface area contributed by atoms with E-state index in [1.807, 2.05) is 0 Å². The minimum Gasteiger partial charge on any atom is -0.497 e. The van der Waals surface area contributed by atoms with Crippen LogP contribution in [0.15, 0.2) is 18.2 Å². The van der Waals surface area contributed by atoms with Crippen LogP contribution in [0.1, 0.15) is 36.1 Å². The molecule has 0 saturated carbocycles. The second-order valence-electron chi connectivity index (χ2n) is 5.67. The molecule has 0 bridgehead atoms. The Morgan fingerprint density at radius 1 is 1.22 bits per heavy atom. The summed E-state index contributed by atoms with van der Waals surface area (Å²) in [5, 5.41) is 38.1. The van der Waals surface area contributed by atoms with Crippen molar-refractivity contribution in [1.82, 2.24) is 15.0 Å². The van der Waals surface area contributed by atoms with Crippen LogP contribution in [0, 0.1) is 0 Å². The first kappa shape index (κ1) is 20.6. The monoisotopic (exact) mass is 381 g/mol. The van der Waals surface area contributed by atoms with Gasteiger partial charge in [0.2, 0.25) is 0 Å². The molecule has 3 N–H and O–H groups in total. The first-order valence-electron chi connectivity index (χ1n) is 8.24. The zero-order valence-electron chi connectivity index (χ0n) is 15.5. The van der Waals surface area contributed by atoms with Gasteiger partial charge in [0.25, 0.3) is 0 Å². The third-order valence-electron chi connectivity index (χ3n) is 3.89. The Bertz CT molecular complexity index is 791. The van der Waals surface area contributed by atoms with Crippen LogP contribution in [0.4, 0.5) is 0 Å². The zero-order valence-corrected chi connectivity index (χ0v) is 15.5. The molecule has 0 radical (unpaired) electrons. The summed E-state index contributed by atoms with van der Waals surface area (Å²) in [4.78, 5) is 12.2. The minimum absolute atomic E-state index is 0.0860. The third-order valence-corrected chi connectivity index (χ3v) is 3.89. The number of aliphatic hydroxyl groups is 3. The largest absolute Gasteiger partial charge is 0.497 e. The fourth-order valence-corrected chi connectivity index (χ4v) is 2.47. The van der Waals surface area contributed by atoms with Crippen molar-refractivity contribution in [2.24, 2.45) is 0 Å². The normalized spacial score (nSPS) is 14.3. The Hall–Kier alpha value is -2.69. The van der Waals surface area contributed by atoms with Crippen LogP contribution in [0.5, 0.6) is 11.5 Å². The fourth-order valence-electron chi connectivity index (χ4n) is 2.47. The quantitative estimate of drug-likeness (QED) is 0.549. The summed E-state index contributed by atoms with van der Waals surface area (Å²) in [6, 6.07) is 4.83. The number of benzene rings is 1. The number of ether oxygens (including phenoxy) is 3. The molecule has 10 heteroatoms. The molecule has 0 saturated heterocycles. The molecule has 3 atom stereocenters. The summed E-state index contributed by atoms with van der Waals surface area (Å²) in [6.45, 7) is 3.01. The van der Waals surface area contributed by atoms with Gasteiger partial charge in [-0.2, -0.15) is 0 Å². The molecule has 2 aromatic rings. The van der Waals surface area contributed by atoms with Crippen molar-refractivity contribution < 1.29 is 34.3 Å². The Labute approximate surface area is 155 Å². The summed E-state index contributed by atoms with van der Waals surface area (Å²) in [6.07, 6.45) is -4.53. The second-order valence-corrected chi connectivity index (χ2v) is 5.67. The van der Waals surface area contributed by atoms with E-state index in [-0.39, 0.29) is 18.0 Å². The number of methoxy groups -OCH3 is 2. The highest BCUT2D eigenvalue weighted by molar-refractivity contribution is 5.88. The number of carbonyl (C=O) groups is 1. The van der Waals surface area contributed by atoms with E-state index < -0.39 is 24.3 Å². The maximum absolute atomic E-state index is 12.2. The Morgan fingerprint density at radius 2 is 1.93 bits per heavy atom. The maximum Gasteiger partial charge on any atom is 0.360 e. The van der Waals surface area contributed by atoms with Gasteiger partial charge in [0.05, 0.1) is 26.9 Å². The number of aliphatic hydroxyl groups excluding tert-OH is 3. The molecule has 10 nitrogen and oxygen atoms in total. The van der Waals surface area contributed by atoms with Gasteiger partial charge in [0.1, 0.15) is 35.1 Å². The van der Waals surface area contributed by atoms with Crippen molar-refractivity contribution in [2.75, 3.05) is 20.8 Å². The average molecular weight is 381 g/mol. The van der Waals surface area contributed by atoms with E-state index in [4.69, 9.17) is 14.2 Å². The lowest BCUT2D eigenvalue weighted by Crippen LogP contribution is -2.32. The summed E-state index contributed by atoms with van der Waals surface area (Å²) in [5.74, 6) is 0.00375. The minimum atomic E-state index is -1.67. The van der Waals surface area contributed by atoms with Gasteiger partial charge in [-0.05, 0) is 26.0 Å². The number of nitrogens with zero attached hydrogens (tertiary/aromatic N) is 3. The van der Waals surface area contributed by atoms with E-state index in [9.17, 15) is 20.1 Å². The SMILES string of the molecule is CCOC(=O)c1nnn(-c2cc(OC)ccc2OC)c1[C@H](O)[C@@H](O)[C@H](C)O. The molecular formula is C17H23N3O7. The van der Waals surface area contributed by atoms with Crippen LogP contribution in [-0.2, 0) is 4.74 Å². The number of aromatic nitrogens is 3. The lowest BCUT2D eigenvalue weighted by atomic mass is 10.0. The van der Waals surface area contributed by atoms with Crippen molar-refractivity contribution in [3.05, 3.63) is 29.6 Å². The number of hydrogen-bond donors (Lipinski definition) is 3. The summed E-state index contributed by atoms with van der Waals surface area (Å²) in [5.41, 5.74) is -0.117. The Morgan fingerprint density at radius 3 is 2.48 bits per heavy atom. The lowest BCUT2D eigenvalue weighted by molar-refractivity contribution is -0.0560. The van der Waals surface area contributed by atoms with Crippen molar-refractivity contribution in [3.63, 3.8) is 0 Å². The molecule has 0 fully saturated rings. The number of esters is 1. The van der Waals surface area contributed by atoms with E-state index in [0.29, 0.717) is 17.2 Å². The molecular weight excluding hydrogens is 358 g/mol. The highest BCUT2D eigenvalue weighted by Gasteiger charge is 2.34. The van der Waals surface area contributed by atoms with E-state index in [1.165, 1.54) is 21.1 Å². The van der Waals surface area contributed by atoms with Crippen LogP contribution in [0.2, 0.25) is 0 Å². The molecule has 0 aliphatic heterocycles. The van der Waals surface area contributed by atoms with Crippen LogP contribution in [0.3, 0.4) is 0 Å². The van der Waals surface area contributed by atoms with Gasteiger partial charge in [-0.1, -0.05) is 5.21 Å². The Balaban J connectivity index is 2.69.